The minimum atomic E-state index is -0.997. The average Bonchev–Trinajstić information content (AvgIpc) is 2.90. The first-order valence-corrected chi connectivity index (χ1v) is 9.25. The first kappa shape index (κ1) is 16.9. The maximum absolute atomic E-state index is 13.0. The van der Waals surface area contributed by atoms with Gasteiger partial charge >= 0.3 is 0 Å². The first-order valence-electron chi connectivity index (χ1n) is 9.25. The number of benzene rings is 1. The Labute approximate surface area is 159 Å². The lowest BCUT2D eigenvalue weighted by atomic mass is 9.97. The summed E-state index contributed by atoms with van der Waals surface area (Å²) in [6.07, 6.45) is 1.02. The molecule has 4 aliphatic rings. The third-order valence-corrected chi connectivity index (χ3v) is 5.80. The van der Waals surface area contributed by atoms with E-state index in [1.165, 1.54) is 0 Å². The van der Waals surface area contributed by atoms with Crippen LogP contribution < -0.4 is 15.0 Å². The Balaban J connectivity index is 1.51. The second kappa shape index (κ2) is 5.88. The van der Waals surface area contributed by atoms with Crippen molar-refractivity contribution < 1.29 is 28.7 Å². The van der Waals surface area contributed by atoms with Crippen LogP contribution >= 0.6 is 0 Å². The summed E-state index contributed by atoms with van der Waals surface area (Å²) in [5.74, 6) is -1.47. The predicted octanol–water partition coefficient (Wildman–Crippen LogP) is 0.0181. The SMILES string of the molecule is O=C1CCN2c3cc4c(cc3OC[C@H]2C1)C(=O)N(C1CCC(=O)NC1=O)C4=O. The topological polar surface area (TPSA) is 113 Å². The number of fused-ring (bicyclic) bond motifs is 4. The van der Waals surface area contributed by atoms with Crippen LogP contribution in [0, 0.1) is 0 Å². The van der Waals surface area contributed by atoms with Crippen molar-refractivity contribution in [3.63, 3.8) is 0 Å². The molecule has 0 saturated carbocycles. The highest BCUT2D eigenvalue weighted by molar-refractivity contribution is 6.24. The van der Waals surface area contributed by atoms with Crippen LogP contribution in [0.15, 0.2) is 12.1 Å². The number of amides is 4. The summed E-state index contributed by atoms with van der Waals surface area (Å²) in [5, 5.41) is 2.18. The summed E-state index contributed by atoms with van der Waals surface area (Å²) < 4.78 is 5.77. The molecule has 9 nitrogen and oxygen atoms in total. The molecule has 0 aromatic heterocycles. The number of ketones is 1. The molecular weight excluding hydrogens is 366 g/mol. The molecule has 0 aliphatic carbocycles. The zero-order valence-electron chi connectivity index (χ0n) is 14.9. The zero-order valence-corrected chi connectivity index (χ0v) is 14.9. The monoisotopic (exact) mass is 383 g/mol. The van der Waals surface area contributed by atoms with Gasteiger partial charge in [0.15, 0.2) is 0 Å². The second-order valence-electron chi connectivity index (χ2n) is 7.46. The summed E-state index contributed by atoms with van der Waals surface area (Å²) in [6, 6.07) is 2.09. The Morgan fingerprint density at radius 3 is 2.50 bits per heavy atom. The van der Waals surface area contributed by atoms with E-state index < -0.39 is 29.7 Å². The Morgan fingerprint density at radius 2 is 1.75 bits per heavy atom. The van der Waals surface area contributed by atoms with Crippen molar-refractivity contribution in [1.29, 1.82) is 0 Å². The van der Waals surface area contributed by atoms with Gasteiger partial charge in [-0.1, -0.05) is 0 Å². The molecule has 2 fully saturated rings. The van der Waals surface area contributed by atoms with Crippen molar-refractivity contribution in [2.75, 3.05) is 18.1 Å². The van der Waals surface area contributed by atoms with Crippen LogP contribution in [0.4, 0.5) is 5.69 Å². The summed E-state index contributed by atoms with van der Waals surface area (Å²) in [4.78, 5) is 64.1. The number of hydrogen-bond donors (Lipinski definition) is 1. The number of nitrogens with one attached hydrogen (secondary N) is 1. The fourth-order valence-corrected chi connectivity index (χ4v) is 4.38. The van der Waals surface area contributed by atoms with E-state index in [2.05, 4.69) is 5.32 Å². The van der Waals surface area contributed by atoms with Gasteiger partial charge in [-0.2, -0.15) is 0 Å². The molecule has 9 heteroatoms. The van der Waals surface area contributed by atoms with Crippen molar-refractivity contribution >= 4 is 35.1 Å². The molecule has 5 rings (SSSR count). The van der Waals surface area contributed by atoms with Gasteiger partial charge in [0.1, 0.15) is 24.2 Å². The van der Waals surface area contributed by atoms with Crippen molar-refractivity contribution in [2.45, 2.75) is 37.8 Å². The summed E-state index contributed by atoms with van der Waals surface area (Å²) in [5.41, 5.74) is 1.10. The third kappa shape index (κ3) is 2.35. The van der Waals surface area contributed by atoms with E-state index in [9.17, 15) is 24.0 Å². The molecule has 1 aromatic rings. The van der Waals surface area contributed by atoms with Crippen LogP contribution in [0.5, 0.6) is 5.75 Å². The maximum Gasteiger partial charge on any atom is 0.262 e. The van der Waals surface area contributed by atoms with E-state index >= 15 is 0 Å². The van der Waals surface area contributed by atoms with Crippen LogP contribution in [0.3, 0.4) is 0 Å². The molecule has 2 atom stereocenters. The molecule has 0 bridgehead atoms. The number of carbonyl (C=O) groups excluding carboxylic acids is 5. The largest absolute Gasteiger partial charge is 0.489 e. The number of nitrogens with zero attached hydrogens (tertiary/aromatic N) is 2. The van der Waals surface area contributed by atoms with Crippen LogP contribution in [-0.2, 0) is 14.4 Å². The third-order valence-electron chi connectivity index (χ3n) is 5.80. The lowest BCUT2D eigenvalue weighted by Gasteiger charge is -2.41. The minimum Gasteiger partial charge on any atom is -0.489 e. The second-order valence-corrected chi connectivity index (χ2v) is 7.46. The Hall–Kier alpha value is -3.23. The maximum atomic E-state index is 13.0. The van der Waals surface area contributed by atoms with Gasteiger partial charge in [0, 0.05) is 25.8 Å². The first-order chi connectivity index (χ1) is 13.4. The molecule has 2 saturated heterocycles. The van der Waals surface area contributed by atoms with Crippen LogP contribution in [0.2, 0.25) is 0 Å². The number of hydrogen-bond acceptors (Lipinski definition) is 7. The molecule has 0 spiro atoms. The highest BCUT2D eigenvalue weighted by atomic mass is 16.5. The molecule has 144 valence electrons. The number of imide groups is 2. The number of anilines is 1. The van der Waals surface area contributed by atoms with E-state index in [0.29, 0.717) is 37.4 Å². The van der Waals surface area contributed by atoms with Crippen molar-refractivity contribution in [2.24, 2.45) is 0 Å². The lowest BCUT2D eigenvalue weighted by molar-refractivity contribution is -0.136. The summed E-state index contributed by atoms with van der Waals surface area (Å²) in [6.45, 7) is 0.883. The summed E-state index contributed by atoms with van der Waals surface area (Å²) >= 11 is 0. The standard InChI is InChI=1S/C19H17N3O6/c23-10-3-4-21-9(5-10)8-28-15-7-12-11(6-14(15)21)18(26)22(19(12)27)13-1-2-16(24)20-17(13)25/h6-7,9,13H,1-5,8H2,(H,20,24,25)/t9-,13?/m1/s1. The van der Waals surface area contributed by atoms with Crippen LogP contribution in [0.25, 0.3) is 0 Å². The van der Waals surface area contributed by atoms with Gasteiger partial charge in [-0.15, -0.1) is 0 Å². The van der Waals surface area contributed by atoms with Crippen LogP contribution in [-0.4, -0.2) is 59.5 Å². The normalized spacial score (nSPS) is 26.5. The number of ether oxygens (including phenoxy) is 1. The van der Waals surface area contributed by atoms with Gasteiger partial charge in [0.25, 0.3) is 11.8 Å². The van der Waals surface area contributed by atoms with Crippen molar-refractivity contribution in [1.82, 2.24) is 10.2 Å². The van der Waals surface area contributed by atoms with Gasteiger partial charge in [0.05, 0.1) is 22.9 Å². The van der Waals surface area contributed by atoms with Crippen molar-refractivity contribution in [3.8, 4) is 5.75 Å². The molecule has 28 heavy (non-hydrogen) atoms. The van der Waals surface area contributed by atoms with Gasteiger partial charge in [0.2, 0.25) is 11.8 Å². The van der Waals surface area contributed by atoms with E-state index in [-0.39, 0.29) is 35.8 Å². The Kier molecular flexibility index (Phi) is 3.55. The van der Waals surface area contributed by atoms with Crippen molar-refractivity contribution in [3.05, 3.63) is 23.3 Å². The van der Waals surface area contributed by atoms with E-state index in [1.54, 1.807) is 12.1 Å². The molecule has 1 aromatic carbocycles. The Morgan fingerprint density at radius 1 is 1.00 bits per heavy atom. The number of rotatable bonds is 1. The zero-order chi connectivity index (χ0) is 19.6. The van der Waals surface area contributed by atoms with E-state index in [4.69, 9.17) is 4.74 Å². The van der Waals surface area contributed by atoms with E-state index in [0.717, 1.165) is 4.90 Å². The van der Waals surface area contributed by atoms with Gasteiger partial charge in [-0.05, 0) is 18.6 Å². The smallest absolute Gasteiger partial charge is 0.262 e. The lowest BCUT2D eigenvalue weighted by Crippen LogP contribution is -2.54. The number of Topliss-reactive ketones (excluding diaryl/α,β-unsaturated/α-hetero) is 1. The average molecular weight is 383 g/mol. The van der Waals surface area contributed by atoms with Crippen LogP contribution in [0.1, 0.15) is 46.4 Å². The fraction of sp³-hybridized carbons (Fsp3) is 0.421. The molecule has 0 radical (unpaired) electrons. The summed E-state index contributed by atoms with van der Waals surface area (Å²) in [7, 11) is 0. The Bertz CT molecular complexity index is 971. The number of carbonyl (C=O) groups is 5. The highest BCUT2D eigenvalue weighted by Crippen LogP contribution is 2.41. The molecule has 4 aliphatic heterocycles. The van der Waals surface area contributed by atoms with Gasteiger partial charge in [-0.3, -0.25) is 34.2 Å². The minimum absolute atomic E-state index is 0.0763. The quantitative estimate of drug-likeness (QED) is 0.680. The van der Waals surface area contributed by atoms with E-state index in [1.807, 2.05) is 4.90 Å². The molecule has 4 amide bonds. The number of piperidine rings is 2. The molecule has 4 heterocycles. The highest BCUT2D eigenvalue weighted by Gasteiger charge is 2.46. The molecule has 1 N–H and O–H groups in total. The van der Waals surface area contributed by atoms with Gasteiger partial charge < -0.3 is 9.64 Å². The fourth-order valence-electron chi connectivity index (χ4n) is 4.38. The molecule has 1 unspecified atom stereocenters. The predicted molar refractivity (Wildman–Crippen MR) is 94.0 cm³/mol. The van der Waals surface area contributed by atoms with Gasteiger partial charge in [-0.25, -0.2) is 0 Å². The molecular formula is C19H17N3O6.